The van der Waals surface area contributed by atoms with Crippen LogP contribution in [-0.2, 0) is 6.42 Å². The van der Waals surface area contributed by atoms with E-state index < -0.39 is 0 Å². The second-order valence-corrected chi connectivity index (χ2v) is 5.28. The zero-order valence-electron chi connectivity index (χ0n) is 11.4. The highest BCUT2D eigenvalue weighted by Gasteiger charge is 2.16. The summed E-state index contributed by atoms with van der Waals surface area (Å²) in [6, 6.07) is 6.14. The lowest BCUT2D eigenvalue weighted by molar-refractivity contribution is 0.174. The maximum absolute atomic E-state index is 5.37. The van der Waals surface area contributed by atoms with E-state index in [1.807, 2.05) is 13.1 Å². The summed E-state index contributed by atoms with van der Waals surface area (Å²) < 4.78 is 10.7. The Hall–Kier alpha value is -1.26. The van der Waals surface area contributed by atoms with Crippen molar-refractivity contribution in [1.82, 2.24) is 10.6 Å². The van der Waals surface area contributed by atoms with Gasteiger partial charge >= 0.3 is 0 Å². The molecule has 2 N–H and O–H groups in total. The Morgan fingerprint density at radius 1 is 1.22 bits per heavy atom. The zero-order chi connectivity index (χ0) is 13.0. The number of ether oxygens (including phenoxy) is 2. The number of likely N-dealkylation sites (N-methyl/N-ethyl adjacent to an activating group) is 1. The lowest BCUT2D eigenvalue weighted by atomic mass is 10.0. The van der Waals surface area contributed by atoms with Gasteiger partial charge in [-0.25, -0.2) is 0 Å². The average Bonchev–Trinajstić information content (AvgIpc) is 2.75. The Balaban J connectivity index is 1.84. The van der Waals surface area contributed by atoms with Gasteiger partial charge in [-0.2, -0.15) is 0 Å². The molecule has 0 saturated carbocycles. The van der Waals surface area contributed by atoms with Crippen LogP contribution < -0.4 is 20.1 Å². The normalized spacial score (nSPS) is 13.9. The van der Waals surface area contributed by atoms with Crippen molar-refractivity contribution in [3.63, 3.8) is 0 Å². The minimum absolute atomic E-state index is 0.116. The second kappa shape index (κ2) is 5.59. The number of hydrogen-bond donors (Lipinski definition) is 2. The van der Waals surface area contributed by atoms with Crippen LogP contribution in [0.3, 0.4) is 0 Å². The maximum Gasteiger partial charge on any atom is 0.231 e. The van der Waals surface area contributed by atoms with Crippen LogP contribution >= 0.6 is 0 Å². The number of hydrogen-bond acceptors (Lipinski definition) is 4. The van der Waals surface area contributed by atoms with E-state index in [9.17, 15) is 0 Å². The molecule has 0 aliphatic carbocycles. The first kappa shape index (κ1) is 13.2. The van der Waals surface area contributed by atoms with Crippen molar-refractivity contribution in [2.45, 2.75) is 25.8 Å². The van der Waals surface area contributed by atoms with Gasteiger partial charge in [0.25, 0.3) is 0 Å². The predicted molar refractivity (Wildman–Crippen MR) is 72.3 cm³/mol. The van der Waals surface area contributed by atoms with Gasteiger partial charge in [0, 0.05) is 12.1 Å². The van der Waals surface area contributed by atoms with Crippen molar-refractivity contribution in [1.29, 1.82) is 0 Å². The number of rotatable bonds is 6. The highest BCUT2D eigenvalue weighted by molar-refractivity contribution is 5.44. The lowest BCUT2D eigenvalue weighted by Crippen LogP contribution is -2.47. The Bertz CT molecular complexity index is 405. The fourth-order valence-corrected chi connectivity index (χ4v) is 2.15. The van der Waals surface area contributed by atoms with Crippen LogP contribution in [-0.4, -0.2) is 32.5 Å². The van der Waals surface area contributed by atoms with Gasteiger partial charge in [-0.05, 0) is 51.6 Å². The third-order valence-corrected chi connectivity index (χ3v) is 3.07. The van der Waals surface area contributed by atoms with Crippen LogP contribution in [0.4, 0.5) is 0 Å². The van der Waals surface area contributed by atoms with E-state index in [4.69, 9.17) is 9.47 Å². The molecule has 4 nitrogen and oxygen atoms in total. The minimum atomic E-state index is 0.116. The van der Waals surface area contributed by atoms with Crippen molar-refractivity contribution in [3.8, 4) is 11.5 Å². The standard InChI is InChI=1S/C14H22N2O2/c1-14(2,9-15-3)16-7-6-11-4-5-12-13(8-11)18-10-17-12/h4-5,8,15-16H,6-7,9-10H2,1-3H3. The van der Waals surface area contributed by atoms with E-state index in [1.165, 1.54) is 5.56 Å². The number of fused-ring (bicyclic) bond motifs is 1. The first-order valence-electron chi connectivity index (χ1n) is 6.39. The van der Waals surface area contributed by atoms with Gasteiger partial charge in [0.05, 0.1) is 0 Å². The molecule has 1 aliphatic heterocycles. The summed E-state index contributed by atoms with van der Waals surface area (Å²) in [5, 5.41) is 6.73. The molecule has 2 rings (SSSR count). The molecule has 0 unspecified atom stereocenters. The van der Waals surface area contributed by atoms with Crippen molar-refractivity contribution < 1.29 is 9.47 Å². The zero-order valence-corrected chi connectivity index (χ0v) is 11.4. The van der Waals surface area contributed by atoms with E-state index >= 15 is 0 Å². The quantitative estimate of drug-likeness (QED) is 0.804. The molecule has 0 spiro atoms. The Morgan fingerprint density at radius 2 is 2.00 bits per heavy atom. The molecule has 0 atom stereocenters. The highest BCUT2D eigenvalue weighted by atomic mass is 16.7. The molecule has 1 aromatic carbocycles. The molecular weight excluding hydrogens is 228 g/mol. The van der Waals surface area contributed by atoms with Crippen molar-refractivity contribution in [3.05, 3.63) is 23.8 Å². The molecule has 0 saturated heterocycles. The Morgan fingerprint density at radius 3 is 2.78 bits per heavy atom. The summed E-state index contributed by atoms with van der Waals surface area (Å²) in [6.45, 7) is 6.64. The summed E-state index contributed by atoms with van der Waals surface area (Å²) in [4.78, 5) is 0. The van der Waals surface area contributed by atoms with Crippen molar-refractivity contribution in [2.24, 2.45) is 0 Å². The van der Waals surface area contributed by atoms with E-state index in [1.54, 1.807) is 0 Å². The molecule has 0 aromatic heterocycles. The molecule has 0 fully saturated rings. The van der Waals surface area contributed by atoms with E-state index in [2.05, 4.69) is 36.6 Å². The van der Waals surface area contributed by atoms with Crippen LogP contribution in [0.1, 0.15) is 19.4 Å². The molecule has 4 heteroatoms. The summed E-state index contributed by atoms with van der Waals surface area (Å²) in [6.07, 6.45) is 0.990. The van der Waals surface area contributed by atoms with E-state index in [0.717, 1.165) is 31.0 Å². The van der Waals surface area contributed by atoms with Crippen LogP contribution in [0.25, 0.3) is 0 Å². The second-order valence-electron chi connectivity index (χ2n) is 5.28. The van der Waals surface area contributed by atoms with Gasteiger partial charge in [-0.1, -0.05) is 6.07 Å². The summed E-state index contributed by atoms with van der Waals surface area (Å²) in [7, 11) is 1.97. The fourth-order valence-electron chi connectivity index (χ4n) is 2.15. The maximum atomic E-state index is 5.37. The van der Waals surface area contributed by atoms with E-state index in [0.29, 0.717) is 6.79 Å². The smallest absolute Gasteiger partial charge is 0.231 e. The predicted octanol–water partition coefficient (Wildman–Crippen LogP) is 1.55. The molecule has 1 heterocycles. The summed E-state index contributed by atoms with van der Waals surface area (Å²) in [5.41, 5.74) is 1.39. The van der Waals surface area contributed by atoms with Gasteiger partial charge in [-0.15, -0.1) is 0 Å². The van der Waals surface area contributed by atoms with Crippen molar-refractivity contribution in [2.75, 3.05) is 26.9 Å². The lowest BCUT2D eigenvalue weighted by Gasteiger charge is -2.26. The van der Waals surface area contributed by atoms with Gasteiger partial charge in [0.2, 0.25) is 6.79 Å². The first-order chi connectivity index (χ1) is 8.61. The van der Waals surface area contributed by atoms with Gasteiger partial charge in [-0.3, -0.25) is 0 Å². The monoisotopic (exact) mass is 250 g/mol. The van der Waals surface area contributed by atoms with Crippen LogP contribution in [0.15, 0.2) is 18.2 Å². The SMILES string of the molecule is CNCC(C)(C)NCCc1ccc2c(c1)OCO2. The fraction of sp³-hybridized carbons (Fsp3) is 0.571. The summed E-state index contributed by atoms with van der Waals surface area (Å²) >= 11 is 0. The Labute approximate surface area is 109 Å². The van der Waals surface area contributed by atoms with Crippen molar-refractivity contribution >= 4 is 0 Å². The number of benzene rings is 1. The van der Waals surface area contributed by atoms with Crippen LogP contribution in [0, 0.1) is 0 Å². The molecule has 0 bridgehead atoms. The average molecular weight is 250 g/mol. The third kappa shape index (κ3) is 3.37. The van der Waals surface area contributed by atoms with E-state index in [-0.39, 0.29) is 5.54 Å². The van der Waals surface area contributed by atoms with Gasteiger partial charge < -0.3 is 20.1 Å². The molecule has 1 aliphatic rings. The third-order valence-electron chi connectivity index (χ3n) is 3.07. The highest BCUT2D eigenvalue weighted by Crippen LogP contribution is 2.32. The van der Waals surface area contributed by atoms with Crippen LogP contribution in [0.2, 0.25) is 0 Å². The topological polar surface area (TPSA) is 42.5 Å². The van der Waals surface area contributed by atoms with Gasteiger partial charge in [0.15, 0.2) is 11.5 Å². The van der Waals surface area contributed by atoms with Crippen LogP contribution in [0.5, 0.6) is 11.5 Å². The number of nitrogens with one attached hydrogen (secondary N) is 2. The largest absolute Gasteiger partial charge is 0.454 e. The molecule has 0 radical (unpaired) electrons. The molecular formula is C14H22N2O2. The molecule has 100 valence electrons. The molecule has 0 amide bonds. The first-order valence-corrected chi connectivity index (χ1v) is 6.39. The summed E-state index contributed by atoms with van der Waals surface area (Å²) in [5.74, 6) is 1.71. The minimum Gasteiger partial charge on any atom is -0.454 e. The molecule has 18 heavy (non-hydrogen) atoms. The van der Waals surface area contributed by atoms with Gasteiger partial charge in [0.1, 0.15) is 0 Å². The Kier molecular flexibility index (Phi) is 4.09. The molecule has 1 aromatic rings.